The Morgan fingerprint density at radius 1 is 1.00 bits per heavy atom. The van der Waals surface area contributed by atoms with Gasteiger partial charge in [0.1, 0.15) is 5.82 Å². The standard InChI is InChI=1S/C15H23FN2O2/c1-12(19)10-17-6-8-18(9-7-17)11-15(20)13-2-4-14(16)5-3-13/h2-5,12,15,19-20H,6-11H2,1H3/t12-,15-/m0/s1. The molecule has 0 saturated carbocycles. The van der Waals surface area contributed by atoms with E-state index in [0.29, 0.717) is 13.1 Å². The lowest BCUT2D eigenvalue weighted by molar-refractivity contribution is 0.0526. The Morgan fingerprint density at radius 2 is 1.50 bits per heavy atom. The van der Waals surface area contributed by atoms with Crippen molar-refractivity contribution in [1.29, 1.82) is 0 Å². The van der Waals surface area contributed by atoms with Crippen molar-refractivity contribution in [2.75, 3.05) is 39.3 Å². The van der Waals surface area contributed by atoms with E-state index in [1.165, 1.54) is 12.1 Å². The van der Waals surface area contributed by atoms with Crippen LogP contribution in [0.1, 0.15) is 18.6 Å². The van der Waals surface area contributed by atoms with Crippen molar-refractivity contribution in [3.63, 3.8) is 0 Å². The minimum Gasteiger partial charge on any atom is -0.392 e. The van der Waals surface area contributed by atoms with Crippen LogP contribution >= 0.6 is 0 Å². The average molecular weight is 282 g/mol. The van der Waals surface area contributed by atoms with Gasteiger partial charge in [0.15, 0.2) is 0 Å². The van der Waals surface area contributed by atoms with Gasteiger partial charge in [-0.05, 0) is 24.6 Å². The molecule has 2 atom stereocenters. The highest BCUT2D eigenvalue weighted by atomic mass is 19.1. The smallest absolute Gasteiger partial charge is 0.123 e. The molecule has 0 aliphatic carbocycles. The predicted molar refractivity (Wildman–Crippen MR) is 75.9 cm³/mol. The summed E-state index contributed by atoms with van der Waals surface area (Å²) < 4.78 is 12.8. The zero-order valence-electron chi connectivity index (χ0n) is 11.9. The molecule has 1 saturated heterocycles. The van der Waals surface area contributed by atoms with E-state index >= 15 is 0 Å². The van der Waals surface area contributed by atoms with Crippen molar-refractivity contribution >= 4 is 0 Å². The molecular formula is C15H23FN2O2. The summed E-state index contributed by atoms with van der Waals surface area (Å²) in [7, 11) is 0. The Morgan fingerprint density at radius 3 is 2.00 bits per heavy atom. The fraction of sp³-hybridized carbons (Fsp3) is 0.600. The molecule has 1 fully saturated rings. The van der Waals surface area contributed by atoms with E-state index in [0.717, 1.165) is 31.7 Å². The van der Waals surface area contributed by atoms with E-state index in [1.807, 2.05) is 0 Å². The zero-order chi connectivity index (χ0) is 14.5. The van der Waals surface area contributed by atoms with Gasteiger partial charge in [-0.25, -0.2) is 4.39 Å². The largest absolute Gasteiger partial charge is 0.392 e. The van der Waals surface area contributed by atoms with E-state index < -0.39 is 6.10 Å². The third kappa shape index (κ3) is 4.52. The van der Waals surface area contributed by atoms with Crippen molar-refractivity contribution in [3.8, 4) is 0 Å². The fourth-order valence-electron chi connectivity index (χ4n) is 2.56. The van der Waals surface area contributed by atoms with E-state index in [9.17, 15) is 14.6 Å². The minimum atomic E-state index is -0.584. The predicted octanol–water partition coefficient (Wildman–Crippen LogP) is 0.857. The average Bonchev–Trinajstić information content (AvgIpc) is 2.41. The number of β-amino-alcohol motifs (C(OH)–C–C–N with tert-alkyl or cyclic N) is 2. The second-order valence-electron chi connectivity index (χ2n) is 5.52. The second-order valence-corrected chi connectivity index (χ2v) is 5.52. The number of aliphatic hydroxyl groups is 2. The number of hydrogen-bond acceptors (Lipinski definition) is 4. The molecule has 2 rings (SSSR count). The van der Waals surface area contributed by atoms with Crippen molar-refractivity contribution in [2.24, 2.45) is 0 Å². The van der Waals surface area contributed by atoms with Gasteiger partial charge < -0.3 is 10.2 Å². The first-order valence-electron chi connectivity index (χ1n) is 7.11. The van der Waals surface area contributed by atoms with Crippen LogP contribution in [0.5, 0.6) is 0 Å². The number of hydrogen-bond donors (Lipinski definition) is 2. The normalized spacial score (nSPS) is 20.8. The van der Waals surface area contributed by atoms with Crippen LogP contribution in [0.25, 0.3) is 0 Å². The molecule has 0 unspecified atom stereocenters. The lowest BCUT2D eigenvalue weighted by atomic mass is 10.1. The van der Waals surface area contributed by atoms with Crippen LogP contribution in [0, 0.1) is 5.82 Å². The fourth-order valence-corrected chi connectivity index (χ4v) is 2.56. The Hall–Kier alpha value is -1.01. The molecule has 1 aromatic carbocycles. The van der Waals surface area contributed by atoms with Crippen molar-refractivity contribution in [3.05, 3.63) is 35.6 Å². The van der Waals surface area contributed by atoms with Crippen molar-refractivity contribution in [2.45, 2.75) is 19.1 Å². The molecule has 112 valence electrons. The summed E-state index contributed by atoms with van der Waals surface area (Å²) in [4.78, 5) is 4.43. The summed E-state index contributed by atoms with van der Waals surface area (Å²) in [6.07, 6.45) is -0.884. The molecule has 1 aromatic rings. The second kappa shape index (κ2) is 7.13. The van der Waals surface area contributed by atoms with Crippen LogP contribution in [0.3, 0.4) is 0 Å². The molecule has 0 radical (unpaired) electrons. The van der Waals surface area contributed by atoms with Gasteiger partial charge in [-0.2, -0.15) is 0 Å². The number of benzene rings is 1. The van der Waals surface area contributed by atoms with Gasteiger partial charge in [0.05, 0.1) is 12.2 Å². The van der Waals surface area contributed by atoms with Crippen LogP contribution in [-0.4, -0.2) is 65.4 Å². The lowest BCUT2D eigenvalue weighted by Gasteiger charge is -2.36. The highest BCUT2D eigenvalue weighted by Gasteiger charge is 2.20. The maximum atomic E-state index is 12.8. The highest BCUT2D eigenvalue weighted by Crippen LogP contribution is 2.16. The first kappa shape index (κ1) is 15.4. The van der Waals surface area contributed by atoms with Crippen LogP contribution in [0.2, 0.25) is 0 Å². The summed E-state index contributed by atoms with van der Waals surface area (Å²) in [5.41, 5.74) is 0.748. The first-order valence-corrected chi connectivity index (χ1v) is 7.11. The van der Waals surface area contributed by atoms with Crippen LogP contribution in [0.4, 0.5) is 4.39 Å². The quantitative estimate of drug-likeness (QED) is 0.841. The van der Waals surface area contributed by atoms with E-state index in [2.05, 4.69) is 9.80 Å². The zero-order valence-corrected chi connectivity index (χ0v) is 11.9. The van der Waals surface area contributed by atoms with Gasteiger partial charge in [0.25, 0.3) is 0 Å². The van der Waals surface area contributed by atoms with Gasteiger partial charge in [-0.3, -0.25) is 9.80 Å². The summed E-state index contributed by atoms with van der Waals surface area (Å²) >= 11 is 0. The molecular weight excluding hydrogens is 259 g/mol. The molecule has 1 aliphatic rings. The SMILES string of the molecule is C[C@H](O)CN1CCN(C[C@H](O)c2ccc(F)cc2)CC1. The van der Waals surface area contributed by atoms with Gasteiger partial charge in [0.2, 0.25) is 0 Å². The molecule has 5 heteroatoms. The molecule has 1 heterocycles. The molecule has 0 spiro atoms. The number of piperazine rings is 1. The van der Waals surface area contributed by atoms with Crippen LogP contribution in [-0.2, 0) is 0 Å². The highest BCUT2D eigenvalue weighted by molar-refractivity contribution is 5.18. The van der Waals surface area contributed by atoms with Crippen molar-refractivity contribution < 1.29 is 14.6 Å². The molecule has 0 amide bonds. The molecule has 0 bridgehead atoms. The maximum absolute atomic E-state index is 12.8. The minimum absolute atomic E-state index is 0.285. The Bertz CT molecular complexity index is 403. The molecule has 4 nitrogen and oxygen atoms in total. The third-order valence-electron chi connectivity index (χ3n) is 3.67. The topological polar surface area (TPSA) is 46.9 Å². The van der Waals surface area contributed by atoms with Crippen LogP contribution < -0.4 is 0 Å². The van der Waals surface area contributed by atoms with E-state index in [1.54, 1.807) is 19.1 Å². The summed E-state index contributed by atoms with van der Waals surface area (Å²) in [6.45, 7) is 6.63. The number of nitrogens with zero attached hydrogens (tertiary/aromatic N) is 2. The van der Waals surface area contributed by atoms with Gasteiger partial charge >= 0.3 is 0 Å². The maximum Gasteiger partial charge on any atom is 0.123 e. The van der Waals surface area contributed by atoms with E-state index in [4.69, 9.17) is 0 Å². The number of halogens is 1. The summed E-state index contributed by atoms with van der Waals surface area (Å²) in [5.74, 6) is -0.285. The van der Waals surface area contributed by atoms with E-state index in [-0.39, 0.29) is 11.9 Å². The molecule has 1 aliphatic heterocycles. The van der Waals surface area contributed by atoms with Gasteiger partial charge in [-0.15, -0.1) is 0 Å². The molecule has 20 heavy (non-hydrogen) atoms. The monoisotopic (exact) mass is 282 g/mol. The van der Waals surface area contributed by atoms with Gasteiger partial charge in [-0.1, -0.05) is 12.1 Å². The Balaban J connectivity index is 1.79. The van der Waals surface area contributed by atoms with Crippen molar-refractivity contribution in [1.82, 2.24) is 9.80 Å². The molecule has 0 aromatic heterocycles. The lowest BCUT2D eigenvalue weighted by Crippen LogP contribution is -2.49. The van der Waals surface area contributed by atoms with Gasteiger partial charge in [0, 0.05) is 39.3 Å². The Labute approximate surface area is 119 Å². The van der Waals surface area contributed by atoms with Crippen LogP contribution in [0.15, 0.2) is 24.3 Å². The number of rotatable bonds is 5. The number of aliphatic hydroxyl groups excluding tert-OH is 2. The Kier molecular flexibility index (Phi) is 5.48. The first-order chi connectivity index (χ1) is 9.54. The summed E-state index contributed by atoms with van der Waals surface area (Å²) in [6, 6.07) is 6.01. The molecule has 2 N–H and O–H groups in total. The summed E-state index contributed by atoms with van der Waals surface area (Å²) in [5, 5.41) is 19.5. The third-order valence-corrected chi connectivity index (χ3v) is 3.67.